The van der Waals surface area contributed by atoms with Gasteiger partial charge >= 0.3 is 5.97 Å². The molecule has 0 aliphatic carbocycles. The summed E-state index contributed by atoms with van der Waals surface area (Å²) in [5.74, 6) is -2.29. The van der Waals surface area contributed by atoms with E-state index in [1.807, 2.05) is 0 Å². The lowest BCUT2D eigenvalue weighted by Gasteiger charge is -2.06. The smallest absolute Gasteiger partial charge is 0.377 e. The van der Waals surface area contributed by atoms with Crippen molar-refractivity contribution < 1.29 is 19.4 Å². The van der Waals surface area contributed by atoms with Crippen LogP contribution < -0.4 is 10.5 Å². The number of nitrogen functional groups attached to an aromatic ring is 1. The average molecular weight is 195 g/mol. The number of ketones is 1. The van der Waals surface area contributed by atoms with Crippen LogP contribution in [0.5, 0.6) is 5.75 Å². The monoisotopic (exact) mass is 195 g/mol. The van der Waals surface area contributed by atoms with Gasteiger partial charge in [0.15, 0.2) is 0 Å². The first-order valence-corrected chi connectivity index (χ1v) is 3.78. The summed E-state index contributed by atoms with van der Waals surface area (Å²) in [6.07, 6.45) is 0. The maximum Gasteiger partial charge on any atom is 0.377 e. The van der Waals surface area contributed by atoms with Crippen molar-refractivity contribution in [2.24, 2.45) is 0 Å². The molecule has 1 rings (SSSR count). The number of ether oxygens (including phenoxy) is 1. The third kappa shape index (κ3) is 1.66. The molecule has 0 saturated heterocycles. The van der Waals surface area contributed by atoms with Crippen LogP contribution in [0.3, 0.4) is 0 Å². The summed E-state index contributed by atoms with van der Waals surface area (Å²) in [6.45, 7) is 0. The lowest BCUT2D eigenvalue weighted by atomic mass is 10.1. The summed E-state index contributed by atoms with van der Waals surface area (Å²) in [6, 6.07) is 4.40. The second-order valence-electron chi connectivity index (χ2n) is 2.56. The summed E-state index contributed by atoms with van der Waals surface area (Å²) in [4.78, 5) is 21.5. The number of carboxylic acid groups (broad SMARTS) is 1. The Bertz CT molecular complexity index is 386. The summed E-state index contributed by atoms with van der Waals surface area (Å²) in [5, 5.41) is 8.48. The van der Waals surface area contributed by atoms with Crippen LogP contribution in [-0.4, -0.2) is 24.0 Å². The van der Waals surface area contributed by atoms with Crippen molar-refractivity contribution in [3.8, 4) is 5.75 Å². The van der Waals surface area contributed by atoms with Gasteiger partial charge in [0.2, 0.25) is 0 Å². The molecule has 3 N–H and O–H groups in total. The van der Waals surface area contributed by atoms with Gasteiger partial charge in [0.05, 0.1) is 18.4 Å². The molecule has 0 saturated carbocycles. The third-order valence-corrected chi connectivity index (χ3v) is 1.72. The van der Waals surface area contributed by atoms with Gasteiger partial charge in [-0.2, -0.15) is 0 Å². The third-order valence-electron chi connectivity index (χ3n) is 1.72. The van der Waals surface area contributed by atoms with Gasteiger partial charge in [-0.05, 0) is 12.1 Å². The molecule has 0 aliphatic heterocycles. The van der Waals surface area contributed by atoms with Crippen molar-refractivity contribution in [3.63, 3.8) is 0 Å². The van der Waals surface area contributed by atoms with E-state index in [9.17, 15) is 9.59 Å². The summed E-state index contributed by atoms with van der Waals surface area (Å²) < 4.78 is 4.85. The molecule has 1 aromatic carbocycles. The predicted octanol–water partition coefficient (Wildman–Crippen LogP) is 0.545. The lowest BCUT2D eigenvalue weighted by molar-refractivity contribution is -0.131. The minimum absolute atomic E-state index is 0.0439. The van der Waals surface area contributed by atoms with Crippen LogP contribution in [0.1, 0.15) is 10.4 Å². The number of carboxylic acids is 1. The van der Waals surface area contributed by atoms with Crippen LogP contribution in [0.25, 0.3) is 0 Å². The van der Waals surface area contributed by atoms with E-state index in [2.05, 4.69) is 0 Å². The van der Waals surface area contributed by atoms with Gasteiger partial charge in [-0.1, -0.05) is 6.07 Å². The number of anilines is 1. The minimum atomic E-state index is -1.54. The minimum Gasteiger partial charge on any atom is -0.495 e. The number of hydrogen-bond donors (Lipinski definition) is 2. The van der Waals surface area contributed by atoms with Crippen LogP contribution >= 0.6 is 0 Å². The van der Waals surface area contributed by atoms with Crippen molar-refractivity contribution in [3.05, 3.63) is 23.8 Å². The zero-order chi connectivity index (χ0) is 10.7. The molecule has 5 heteroatoms. The number of para-hydroxylation sites is 1. The van der Waals surface area contributed by atoms with E-state index in [-0.39, 0.29) is 17.0 Å². The van der Waals surface area contributed by atoms with Crippen molar-refractivity contribution in [1.82, 2.24) is 0 Å². The van der Waals surface area contributed by atoms with Crippen molar-refractivity contribution >= 4 is 17.4 Å². The molecule has 0 amide bonds. The fraction of sp³-hybridized carbons (Fsp3) is 0.111. The fourth-order valence-corrected chi connectivity index (χ4v) is 1.04. The maximum atomic E-state index is 11.1. The highest BCUT2D eigenvalue weighted by atomic mass is 16.5. The summed E-state index contributed by atoms with van der Waals surface area (Å²) in [7, 11) is 1.39. The molecular formula is C9H9NO4. The topological polar surface area (TPSA) is 89.6 Å². The Morgan fingerprint density at radius 3 is 2.57 bits per heavy atom. The van der Waals surface area contributed by atoms with Crippen molar-refractivity contribution in [2.45, 2.75) is 0 Å². The van der Waals surface area contributed by atoms with Gasteiger partial charge < -0.3 is 15.6 Å². The largest absolute Gasteiger partial charge is 0.495 e. The number of carbonyl (C=O) groups excluding carboxylic acids is 1. The number of aliphatic carboxylic acids is 1. The Morgan fingerprint density at radius 2 is 2.07 bits per heavy atom. The molecule has 0 unspecified atom stereocenters. The molecule has 0 spiro atoms. The van der Waals surface area contributed by atoms with E-state index in [1.54, 1.807) is 6.07 Å². The molecular weight excluding hydrogens is 186 g/mol. The van der Waals surface area contributed by atoms with E-state index in [0.29, 0.717) is 0 Å². The van der Waals surface area contributed by atoms with E-state index in [4.69, 9.17) is 15.6 Å². The molecule has 14 heavy (non-hydrogen) atoms. The SMILES string of the molecule is COc1cccc(C(=O)C(=O)O)c1N. The number of rotatable bonds is 3. The van der Waals surface area contributed by atoms with Crippen molar-refractivity contribution in [2.75, 3.05) is 12.8 Å². The van der Waals surface area contributed by atoms with Gasteiger partial charge in [-0.3, -0.25) is 4.79 Å². The quantitative estimate of drug-likeness (QED) is 0.417. The van der Waals surface area contributed by atoms with Crippen LogP contribution in [0, 0.1) is 0 Å². The van der Waals surface area contributed by atoms with Crippen LogP contribution in [0.2, 0.25) is 0 Å². The van der Waals surface area contributed by atoms with Gasteiger partial charge in [-0.15, -0.1) is 0 Å². The maximum absolute atomic E-state index is 11.1. The van der Waals surface area contributed by atoms with Gasteiger partial charge in [-0.25, -0.2) is 4.79 Å². The number of Topliss-reactive ketones (excluding diaryl/α,β-unsaturated/α-hetero) is 1. The first-order chi connectivity index (χ1) is 6.57. The molecule has 0 bridgehead atoms. The first kappa shape index (κ1) is 10.0. The highest BCUT2D eigenvalue weighted by Gasteiger charge is 2.18. The standard InChI is InChI=1S/C9H9NO4/c1-14-6-4-2-3-5(7(6)10)8(11)9(12)13/h2-4H,10H2,1H3,(H,12,13). The number of benzene rings is 1. The zero-order valence-corrected chi connectivity index (χ0v) is 7.48. The molecule has 0 aromatic heterocycles. The summed E-state index contributed by atoms with van der Waals surface area (Å²) >= 11 is 0. The van der Waals surface area contributed by atoms with Gasteiger partial charge in [0.25, 0.3) is 5.78 Å². The van der Waals surface area contributed by atoms with E-state index >= 15 is 0 Å². The Balaban J connectivity index is 3.22. The number of carbonyl (C=O) groups is 2. The highest BCUT2D eigenvalue weighted by Crippen LogP contribution is 2.24. The Morgan fingerprint density at radius 1 is 1.43 bits per heavy atom. The Hall–Kier alpha value is -2.04. The molecule has 0 radical (unpaired) electrons. The Labute approximate surface area is 80.1 Å². The van der Waals surface area contributed by atoms with E-state index < -0.39 is 11.8 Å². The second kappa shape index (κ2) is 3.78. The summed E-state index contributed by atoms with van der Waals surface area (Å²) in [5.41, 5.74) is 5.51. The first-order valence-electron chi connectivity index (χ1n) is 3.78. The fourth-order valence-electron chi connectivity index (χ4n) is 1.04. The number of nitrogens with two attached hydrogens (primary N) is 1. The lowest BCUT2D eigenvalue weighted by Crippen LogP contribution is -2.15. The van der Waals surface area contributed by atoms with Gasteiger partial charge in [0.1, 0.15) is 5.75 Å². The normalized spacial score (nSPS) is 9.50. The number of methoxy groups -OCH3 is 1. The van der Waals surface area contributed by atoms with Crippen LogP contribution in [0.15, 0.2) is 18.2 Å². The molecule has 0 aliphatic rings. The molecule has 0 atom stereocenters. The van der Waals surface area contributed by atoms with Gasteiger partial charge in [0, 0.05) is 0 Å². The zero-order valence-electron chi connectivity index (χ0n) is 7.48. The molecule has 5 nitrogen and oxygen atoms in total. The molecule has 0 fully saturated rings. The predicted molar refractivity (Wildman–Crippen MR) is 49.4 cm³/mol. The van der Waals surface area contributed by atoms with E-state index in [1.165, 1.54) is 19.2 Å². The molecule has 0 heterocycles. The average Bonchev–Trinajstić information content (AvgIpc) is 2.17. The second-order valence-corrected chi connectivity index (χ2v) is 2.56. The molecule has 74 valence electrons. The van der Waals surface area contributed by atoms with Crippen molar-refractivity contribution in [1.29, 1.82) is 0 Å². The number of hydrogen-bond acceptors (Lipinski definition) is 4. The van der Waals surface area contributed by atoms with Crippen LogP contribution in [-0.2, 0) is 4.79 Å². The molecule has 1 aromatic rings. The van der Waals surface area contributed by atoms with E-state index in [0.717, 1.165) is 0 Å². The highest BCUT2D eigenvalue weighted by molar-refractivity contribution is 6.41. The van der Waals surface area contributed by atoms with Crippen LogP contribution in [0.4, 0.5) is 5.69 Å². The Kier molecular flexibility index (Phi) is 2.71.